The lowest BCUT2D eigenvalue weighted by Gasteiger charge is -2.00. The molecule has 3 heteroatoms. The molecule has 0 spiro atoms. The molecule has 1 rings (SSSR count). The molecule has 0 unspecified atom stereocenters. The molecule has 0 aliphatic heterocycles. The number of hydrogen-bond donors (Lipinski definition) is 1. The third kappa shape index (κ3) is 3.59. The Bertz CT molecular complexity index is 399. The highest BCUT2D eigenvalue weighted by molar-refractivity contribution is 5.94. The molecule has 0 amide bonds. The Morgan fingerprint density at radius 1 is 1.50 bits per heavy atom. The van der Waals surface area contributed by atoms with Crippen molar-refractivity contribution in [1.29, 1.82) is 0 Å². The number of ketones is 1. The highest BCUT2D eigenvalue weighted by Gasteiger charge is 2.06. The lowest BCUT2D eigenvalue weighted by molar-refractivity contribution is 0.101. The van der Waals surface area contributed by atoms with Crippen LogP contribution in [0.4, 0.5) is 4.39 Å². The van der Waals surface area contributed by atoms with Gasteiger partial charge in [-0.3, -0.25) is 4.79 Å². The summed E-state index contributed by atoms with van der Waals surface area (Å²) in [7, 11) is 1.89. The Labute approximate surface area is 95.2 Å². The zero-order chi connectivity index (χ0) is 12.0. The zero-order valence-corrected chi connectivity index (χ0v) is 9.59. The van der Waals surface area contributed by atoms with Gasteiger partial charge in [-0.1, -0.05) is 18.2 Å². The normalized spacial score (nSPS) is 10.9. The predicted molar refractivity (Wildman–Crippen MR) is 64.0 cm³/mol. The first kappa shape index (κ1) is 12.6. The molecule has 0 saturated heterocycles. The standard InChI is InChI=1S/C13H16FNO/c1-10(16)12-9-11(6-7-13(12)14)5-3-4-8-15-2/h3,5-7,9,15H,4,8H2,1-2H3. The van der Waals surface area contributed by atoms with Crippen molar-refractivity contribution in [2.24, 2.45) is 0 Å². The van der Waals surface area contributed by atoms with Gasteiger partial charge in [-0.15, -0.1) is 0 Å². The van der Waals surface area contributed by atoms with Crippen molar-refractivity contribution < 1.29 is 9.18 Å². The molecule has 0 bridgehead atoms. The molecule has 1 aromatic rings. The van der Waals surface area contributed by atoms with E-state index in [1.807, 2.05) is 19.2 Å². The molecular formula is C13H16FNO. The monoisotopic (exact) mass is 221 g/mol. The minimum Gasteiger partial charge on any atom is -0.319 e. The first-order valence-electron chi connectivity index (χ1n) is 5.26. The Hall–Kier alpha value is -1.48. The molecule has 1 N–H and O–H groups in total. The van der Waals surface area contributed by atoms with Gasteiger partial charge in [-0.2, -0.15) is 0 Å². The van der Waals surface area contributed by atoms with Crippen LogP contribution in [0.3, 0.4) is 0 Å². The maximum Gasteiger partial charge on any atom is 0.162 e. The lowest BCUT2D eigenvalue weighted by Crippen LogP contribution is -2.05. The van der Waals surface area contributed by atoms with Crippen LogP contribution in [-0.2, 0) is 0 Å². The third-order valence-corrected chi connectivity index (χ3v) is 2.24. The van der Waals surface area contributed by atoms with Crippen LogP contribution >= 0.6 is 0 Å². The van der Waals surface area contributed by atoms with Crippen molar-refractivity contribution in [2.45, 2.75) is 13.3 Å². The Kier molecular flexibility index (Phi) is 4.86. The van der Waals surface area contributed by atoms with E-state index < -0.39 is 5.82 Å². The first-order valence-corrected chi connectivity index (χ1v) is 5.26. The van der Waals surface area contributed by atoms with Gasteiger partial charge in [0, 0.05) is 0 Å². The Morgan fingerprint density at radius 3 is 2.88 bits per heavy atom. The first-order chi connectivity index (χ1) is 7.65. The summed E-state index contributed by atoms with van der Waals surface area (Å²) in [4.78, 5) is 11.1. The van der Waals surface area contributed by atoms with Gasteiger partial charge < -0.3 is 5.32 Å². The van der Waals surface area contributed by atoms with Gasteiger partial charge in [-0.05, 0) is 44.6 Å². The van der Waals surface area contributed by atoms with E-state index >= 15 is 0 Å². The molecule has 2 nitrogen and oxygen atoms in total. The molecule has 0 aliphatic rings. The fraction of sp³-hybridized carbons (Fsp3) is 0.308. The summed E-state index contributed by atoms with van der Waals surface area (Å²) in [6.07, 6.45) is 4.79. The molecule has 16 heavy (non-hydrogen) atoms. The van der Waals surface area contributed by atoms with Crippen molar-refractivity contribution in [3.05, 3.63) is 41.2 Å². The van der Waals surface area contributed by atoms with Crippen LogP contribution in [-0.4, -0.2) is 19.4 Å². The highest BCUT2D eigenvalue weighted by atomic mass is 19.1. The fourth-order valence-electron chi connectivity index (χ4n) is 1.36. The van der Waals surface area contributed by atoms with E-state index in [0.29, 0.717) is 0 Å². The van der Waals surface area contributed by atoms with Crippen LogP contribution < -0.4 is 5.32 Å². The van der Waals surface area contributed by atoms with Crippen LogP contribution in [0, 0.1) is 5.82 Å². The van der Waals surface area contributed by atoms with Gasteiger partial charge >= 0.3 is 0 Å². The fourth-order valence-corrected chi connectivity index (χ4v) is 1.36. The quantitative estimate of drug-likeness (QED) is 0.611. The number of Topliss-reactive ketones (excluding diaryl/α,β-unsaturated/α-hetero) is 1. The summed E-state index contributed by atoms with van der Waals surface area (Å²) in [5.74, 6) is -0.706. The number of rotatable bonds is 5. The summed E-state index contributed by atoms with van der Waals surface area (Å²) >= 11 is 0. The summed E-state index contributed by atoms with van der Waals surface area (Å²) in [6.45, 7) is 2.27. The highest BCUT2D eigenvalue weighted by Crippen LogP contribution is 2.12. The van der Waals surface area contributed by atoms with Gasteiger partial charge in [0.2, 0.25) is 0 Å². The van der Waals surface area contributed by atoms with Crippen molar-refractivity contribution in [2.75, 3.05) is 13.6 Å². The smallest absolute Gasteiger partial charge is 0.162 e. The topological polar surface area (TPSA) is 29.1 Å². The van der Waals surface area contributed by atoms with Gasteiger partial charge in [0.15, 0.2) is 5.78 Å². The maximum absolute atomic E-state index is 13.2. The van der Waals surface area contributed by atoms with Crippen molar-refractivity contribution in [1.82, 2.24) is 5.32 Å². The second-order valence-corrected chi connectivity index (χ2v) is 3.59. The largest absolute Gasteiger partial charge is 0.319 e. The average Bonchev–Trinajstić information content (AvgIpc) is 2.26. The summed E-state index contributed by atoms with van der Waals surface area (Å²) in [5, 5.41) is 3.03. The predicted octanol–water partition coefficient (Wildman–Crippen LogP) is 2.65. The molecule has 0 atom stereocenters. The minimum atomic E-state index is -0.458. The number of nitrogens with one attached hydrogen (secondary N) is 1. The van der Waals surface area contributed by atoms with E-state index in [2.05, 4.69) is 5.32 Å². The van der Waals surface area contributed by atoms with E-state index in [9.17, 15) is 9.18 Å². The van der Waals surface area contributed by atoms with E-state index in [0.717, 1.165) is 18.5 Å². The maximum atomic E-state index is 13.2. The number of hydrogen-bond acceptors (Lipinski definition) is 2. The number of benzene rings is 1. The second kappa shape index (κ2) is 6.18. The third-order valence-electron chi connectivity index (χ3n) is 2.24. The van der Waals surface area contributed by atoms with E-state index in [1.165, 1.54) is 13.0 Å². The Balaban J connectivity index is 2.78. The summed E-state index contributed by atoms with van der Waals surface area (Å²) in [5.41, 5.74) is 0.999. The van der Waals surface area contributed by atoms with Gasteiger partial charge in [0.05, 0.1) is 5.56 Å². The molecule has 0 aliphatic carbocycles. The number of carbonyl (C=O) groups is 1. The van der Waals surface area contributed by atoms with Gasteiger partial charge in [0.25, 0.3) is 0 Å². The average molecular weight is 221 g/mol. The number of halogens is 1. The van der Waals surface area contributed by atoms with E-state index in [1.54, 1.807) is 12.1 Å². The van der Waals surface area contributed by atoms with E-state index in [-0.39, 0.29) is 11.3 Å². The summed E-state index contributed by atoms with van der Waals surface area (Å²) < 4.78 is 13.2. The molecule has 0 aromatic heterocycles. The zero-order valence-electron chi connectivity index (χ0n) is 9.59. The van der Waals surface area contributed by atoms with Crippen LogP contribution in [0.1, 0.15) is 29.3 Å². The van der Waals surface area contributed by atoms with Crippen molar-refractivity contribution in [3.63, 3.8) is 0 Å². The molecule has 1 aromatic carbocycles. The van der Waals surface area contributed by atoms with Crippen LogP contribution in [0.15, 0.2) is 24.3 Å². The molecular weight excluding hydrogens is 205 g/mol. The van der Waals surface area contributed by atoms with Crippen molar-refractivity contribution in [3.8, 4) is 0 Å². The Morgan fingerprint density at radius 2 is 2.25 bits per heavy atom. The molecule has 0 fully saturated rings. The van der Waals surface area contributed by atoms with E-state index in [4.69, 9.17) is 0 Å². The molecule has 0 radical (unpaired) electrons. The van der Waals surface area contributed by atoms with Gasteiger partial charge in [0.1, 0.15) is 5.82 Å². The van der Waals surface area contributed by atoms with Crippen LogP contribution in [0.5, 0.6) is 0 Å². The molecule has 0 heterocycles. The minimum absolute atomic E-state index is 0.149. The van der Waals surface area contributed by atoms with Crippen LogP contribution in [0.25, 0.3) is 6.08 Å². The SMILES string of the molecule is CNCCC=Cc1ccc(F)c(C(C)=O)c1. The lowest BCUT2D eigenvalue weighted by atomic mass is 10.1. The molecule has 0 saturated carbocycles. The summed E-state index contributed by atoms with van der Waals surface area (Å²) in [6, 6.07) is 4.57. The molecule has 86 valence electrons. The van der Waals surface area contributed by atoms with Crippen molar-refractivity contribution >= 4 is 11.9 Å². The number of carbonyl (C=O) groups excluding carboxylic acids is 1. The van der Waals surface area contributed by atoms with Crippen LogP contribution in [0.2, 0.25) is 0 Å². The van der Waals surface area contributed by atoms with Gasteiger partial charge in [-0.25, -0.2) is 4.39 Å². The second-order valence-electron chi connectivity index (χ2n) is 3.59.